The Hall–Kier alpha value is -1.53. The smallest absolute Gasteiger partial charge is 0.251 e. The van der Waals surface area contributed by atoms with Gasteiger partial charge >= 0.3 is 0 Å². The quantitative estimate of drug-likeness (QED) is 0.787. The summed E-state index contributed by atoms with van der Waals surface area (Å²) in [6.45, 7) is 1.50. The zero-order chi connectivity index (χ0) is 17.4. The van der Waals surface area contributed by atoms with Crippen LogP contribution in [0.25, 0.3) is 0 Å². The topological polar surface area (TPSA) is 61.4 Å². The molecule has 2 rings (SSSR count). The highest BCUT2D eigenvalue weighted by Gasteiger charge is 2.28. The maximum Gasteiger partial charge on any atom is 0.251 e. The van der Waals surface area contributed by atoms with E-state index in [2.05, 4.69) is 10.6 Å². The number of carbonyl (C=O) groups is 2. The van der Waals surface area contributed by atoms with E-state index in [-0.39, 0.29) is 11.8 Å². The van der Waals surface area contributed by atoms with Gasteiger partial charge in [-0.05, 0) is 50.5 Å². The molecule has 0 bridgehead atoms. The van der Waals surface area contributed by atoms with Gasteiger partial charge in [-0.25, -0.2) is 0 Å². The van der Waals surface area contributed by atoms with Gasteiger partial charge in [0.05, 0.1) is 0 Å². The molecule has 1 aromatic rings. The second kappa shape index (κ2) is 9.69. The minimum atomic E-state index is -0.448. The standard InChI is InChI=1S/C18H27N3O2S/c1-19-15-8-11-21(12-9-15)18(23)16(10-13-24-2)20-17(22)14-6-4-3-5-7-14/h3-7,15-16,19H,8-13H2,1-2H3,(H,20,22). The Kier molecular flexibility index (Phi) is 7.59. The van der Waals surface area contributed by atoms with Crippen LogP contribution in [0, 0.1) is 0 Å². The maximum atomic E-state index is 12.8. The molecular weight excluding hydrogens is 322 g/mol. The van der Waals surface area contributed by atoms with Crippen LogP contribution in [0.4, 0.5) is 0 Å². The van der Waals surface area contributed by atoms with Crippen molar-refractivity contribution >= 4 is 23.6 Å². The van der Waals surface area contributed by atoms with Gasteiger partial charge in [-0.15, -0.1) is 0 Å². The summed E-state index contributed by atoms with van der Waals surface area (Å²) in [7, 11) is 1.96. The number of nitrogens with one attached hydrogen (secondary N) is 2. The molecule has 1 fully saturated rings. The number of rotatable bonds is 7. The van der Waals surface area contributed by atoms with Crippen LogP contribution in [-0.2, 0) is 4.79 Å². The third kappa shape index (κ3) is 5.24. The van der Waals surface area contributed by atoms with Gasteiger partial charge in [-0.1, -0.05) is 18.2 Å². The molecule has 0 aliphatic carbocycles. The molecule has 2 amide bonds. The van der Waals surface area contributed by atoms with Crippen molar-refractivity contribution in [1.82, 2.24) is 15.5 Å². The first-order valence-electron chi connectivity index (χ1n) is 8.46. The molecule has 0 aromatic heterocycles. The molecule has 132 valence electrons. The molecule has 0 saturated carbocycles. The molecule has 24 heavy (non-hydrogen) atoms. The maximum absolute atomic E-state index is 12.8. The molecule has 5 nitrogen and oxygen atoms in total. The number of thioether (sulfide) groups is 1. The van der Waals surface area contributed by atoms with Crippen molar-refractivity contribution in [2.45, 2.75) is 31.3 Å². The molecule has 1 aromatic carbocycles. The van der Waals surface area contributed by atoms with Gasteiger partial charge < -0.3 is 15.5 Å². The van der Waals surface area contributed by atoms with Crippen LogP contribution >= 0.6 is 11.8 Å². The normalized spacial score (nSPS) is 16.7. The number of carbonyl (C=O) groups excluding carboxylic acids is 2. The number of amides is 2. The van der Waals surface area contributed by atoms with Gasteiger partial charge in [0.15, 0.2) is 0 Å². The van der Waals surface area contributed by atoms with E-state index in [4.69, 9.17) is 0 Å². The summed E-state index contributed by atoms with van der Waals surface area (Å²) in [6.07, 6.45) is 4.59. The minimum Gasteiger partial charge on any atom is -0.341 e. The van der Waals surface area contributed by atoms with Gasteiger partial charge in [0.2, 0.25) is 5.91 Å². The number of nitrogens with zero attached hydrogens (tertiary/aromatic N) is 1. The molecular formula is C18H27N3O2S. The zero-order valence-electron chi connectivity index (χ0n) is 14.5. The van der Waals surface area contributed by atoms with Crippen molar-refractivity contribution in [3.05, 3.63) is 35.9 Å². The van der Waals surface area contributed by atoms with E-state index in [0.717, 1.165) is 31.7 Å². The first kappa shape index (κ1) is 18.8. The highest BCUT2D eigenvalue weighted by molar-refractivity contribution is 7.98. The summed E-state index contributed by atoms with van der Waals surface area (Å²) < 4.78 is 0. The molecule has 1 unspecified atom stereocenters. The summed E-state index contributed by atoms with van der Waals surface area (Å²) in [4.78, 5) is 27.1. The summed E-state index contributed by atoms with van der Waals surface area (Å²) in [5.41, 5.74) is 0.591. The number of hydrogen-bond donors (Lipinski definition) is 2. The van der Waals surface area contributed by atoms with Crippen LogP contribution in [0.3, 0.4) is 0 Å². The van der Waals surface area contributed by atoms with Gasteiger partial charge in [0, 0.05) is 24.7 Å². The number of hydrogen-bond acceptors (Lipinski definition) is 4. The van der Waals surface area contributed by atoms with Gasteiger partial charge in [-0.2, -0.15) is 11.8 Å². The Bertz CT molecular complexity index is 530. The molecule has 1 heterocycles. The number of piperidine rings is 1. The first-order valence-corrected chi connectivity index (χ1v) is 9.86. The Balaban J connectivity index is 1.99. The van der Waals surface area contributed by atoms with Crippen LogP contribution < -0.4 is 10.6 Å². The lowest BCUT2D eigenvalue weighted by Crippen LogP contribution is -2.52. The highest BCUT2D eigenvalue weighted by Crippen LogP contribution is 2.13. The predicted molar refractivity (Wildman–Crippen MR) is 99.4 cm³/mol. The molecule has 6 heteroatoms. The summed E-state index contributed by atoms with van der Waals surface area (Å²) in [5, 5.41) is 6.20. The van der Waals surface area contributed by atoms with E-state index in [1.165, 1.54) is 0 Å². The highest BCUT2D eigenvalue weighted by atomic mass is 32.2. The third-order valence-electron chi connectivity index (χ3n) is 4.46. The second-order valence-electron chi connectivity index (χ2n) is 6.06. The summed E-state index contributed by atoms with van der Waals surface area (Å²) in [6, 6.07) is 9.10. The second-order valence-corrected chi connectivity index (χ2v) is 7.05. The molecule has 1 atom stereocenters. The van der Waals surface area contributed by atoms with Crippen molar-refractivity contribution in [1.29, 1.82) is 0 Å². The molecule has 1 aliphatic rings. The molecule has 1 aliphatic heterocycles. The van der Waals surface area contributed by atoms with E-state index in [0.29, 0.717) is 18.0 Å². The fourth-order valence-corrected chi connectivity index (χ4v) is 3.40. The van der Waals surface area contributed by atoms with Crippen LogP contribution in [-0.4, -0.2) is 60.9 Å². The van der Waals surface area contributed by atoms with Crippen molar-refractivity contribution in [3.8, 4) is 0 Å². The summed E-state index contributed by atoms with van der Waals surface area (Å²) in [5.74, 6) is 0.710. The van der Waals surface area contributed by atoms with Crippen molar-refractivity contribution in [2.75, 3.05) is 32.1 Å². The van der Waals surface area contributed by atoms with Crippen LogP contribution in [0.15, 0.2) is 30.3 Å². The summed E-state index contributed by atoms with van der Waals surface area (Å²) >= 11 is 1.69. The van der Waals surface area contributed by atoms with Gasteiger partial charge in [0.1, 0.15) is 6.04 Å². The van der Waals surface area contributed by atoms with Crippen LogP contribution in [0.1, 0.15) is 29.6 Å². The first-order chi connectivity index (χ1) is 11.7. The van der Waals surface area contributed by atoms with Gasteiger partial charge in [-0.3, -0.25) is 9.59 Å². The zero-order valence-corrected chi connectivity index (χ0v) is 15.3. The molecule has 1 saturated heterocycles. The van der Waals surface area contributed by atoms with E-state index < -0.39 is 6.04 Å². The average Bonchev–Trinajstić information content (AvgIpc) is 2.65. The lowest BCUT2D eigenvalue weighted by molar-refractivity contribution is -0.134. The Morgan fingerprint density at radius 1 is 1.25 bits per heavy atom. The average molecular weight is 350 g/mol. The monoisotopic (exact) mass is 349 g/mol. The van der Waals surface area contributed by atoms with Crippen molar-refractivity contribution in [2.24, 2.45) is 0 Å². The van der Waals surface area contributed by atoms with Gasteiger partial charge in [0.25, 0.3) is 5.91 Å². The fourth-order valence-electron chi connectivity index (χ4n) is 2.93. The Morgan fingerprint density at radius 2 is 1.92 bits per heavy atom. The molecule has 0 radical (unpaired) electrons. The third-order valence-corrected chi connectivity index (χ3v) is 5.11. The molecule has 2 N–H and O–H groups in total. The Labute approximate surface area is 148 Å². The van der Waals surface area contributed by atoms with Crippen LogP contribution in [0.5, 0.6) is 0 Å². The molecule has 0 spiro atoms. The van der Waals surface area contributed by atoms with Crippen LogP contribution in [0.2, 0.25) is 0 Å². The van der Waals surface area contributed by atoms with E-state index in [1.807, 2.05) is 36.4 Å². The van der Waals surface area contributed by atoms with E-state index in [1.54, 1.807) is 23.9 Å². The van der Waals surface area contributed by atoms with Crippen molar-refractivity contribution < 1.29 is 9.59 Å². The van der Waals surface area contributed by atoms with Crippen molar-refractivity contribution in [3.63, 3.8) is 0 Å². The largest absolute Gasteiger partial charge is 0.341 e. The SMILES string of the molecule is CNC1CCN(C(=O)C(CCSC)NC(=O)c2ccccc2)CC1. The minimum absolute atomic E-state index is 0.0443. The number of likely N-dealkylation sites (tertiary alicyclic amines) is 1. The predicted octanol–water partition coefficient (Wildman–Crippen LogP) is 1.75. The number of benzene rings is 1. The lowest BCUT2D eigenvalue weighted by atomic mass is 10.0. The van der Waals surface area contributed by atoms with E-state index >= 15 is 0 Å². The fraction of sp³-hybridized carbons (Fsp3) is 0.556. The lowest BCUT2D eigenvalue weighted by Gasteiger charge is -2.34. The van der Waals surface area contributed by atoms with E-state index in [9.17, 15) is 9.59 Å². The Morgan fingerprint density at radius 3 is 2.50 bits per heavy atom.